The summed E-state index contributed by atoms with van der Waals surface area (Å²) in [6, 6.07) is 22.4. The molecule has 0 aliphatic carbocycles. The Morgan fingerprint density at radius 2 is 1.61 bits per heavy atom. The maximum Gasteiger partial charge on any atom is 0.127 e. The number of ether oxygens (including phenoxy) is 1. The molecule has 3 nitrogen and oxygen atoms in total. The lowest BCUT2D eigenvalue weighted by Crippen LogP contribution is -2.16. The largest absolute Gasteiger partial charge is 0.457 e. The van der Waals surface area contributed by atoms with Gasteiger partial charge in [-0.1, -0.05) is 48.0 Å². The summed E-state index contributed by atoms with van der Waals surface area (Å²) in [6.07, 6.45) is 2.04. The highest BCUT2D eigenvalue weighted by molar-refractivity contribution is 6.33. The zero-order chi connectivity index (χ0) is 19.3. The van der Waals surface area contributed by atoms with E-state index >= 15 is 0 Å². The van der Waals surface area contributed by atoms with Crippen molar-refractivity contribution in [1.82, 2.24) is 5.32 Å². The maximum absolute atomic E-state index is 6.56. The van der Waals surface area contributed by atoms with Crippen molar-refractivity contribution in [2.45, 2.75) is 25.8 Å². The van der Waals surface area contributed by atoms with Gasteiger partial charge in [0.1, 0.15) is 11.5 Å². The average molecular weight is 393 g/mol. The molecule has 4 rings (SSSR count). The highest BCUT2D eigenvalue weighted by atomic mass is 35.5. The second-order valence-electron chi connectivity index (χ2n) is 7.16. The van der Waals surface area contributed by atoms with Crippen LogP contribution in [-0.2, 0) is 12.8 Å². The minimum Gasteiger partial charge on any atom is -0.457 e. The third kappa shape index (κ3) is 4.32. The molecule has 144 valence electrons. The third-order valence-electron chi connectivity index (χ3n) is 5.20. The molecule has 0 amide bonds. The van der Waals surface area contributed by atoms with E-state index in [1.54, 1.807) is 0 Å². The lowest BCUT2D eigenvalue weighted by atomic mass is 9.99. The van der Waals surface area contributed by atoms with Gasteiger partial charge >= 0.3 is 0 Å². The third-order valence-corrected chi connectivity index (χ3v) is 5.52. The standard InChI is InChI=1S/C24H25ClN2O/c1-17(18-7-10-21(11-8-18)28-20-5-3-2-4-6-20)27-24-22-14-16-26-15-13-19(22)9-12-23(24)25/h2-12,17,26-27H,13-16H2,1H3. The Balaban J connectivity index is 1.50. The maximum atomic E-state index is 6.56. The van der Waals surface area contributed by atoms with Crippen LogP contribution in [0.2, 0.25) is 5.02 Å². The Bertz CT molecular complexity index is 925. The number of fused-ring (bicyclic) bond motifs is 1. The molecule has 0 saturated heterocycles. The molecule has 1 aliphatic heterocycles. The van der Waals surface area contributed by atoms with Crippen molar-refractivity contribution < 1.29 is 4.74 Å². The quantitative estimate of drug-likeness (QED) is 0.559. The summed E-state index contributed by atoms with van der Waals surface area (Å²) in [7, 11) is 0. The molecule has 3 aromatic rings. The van der Waals surface area contributed by atoms with Gasteiger partial charge in [0.05, 0.1) is 10.7 Å². The second kappa shape index (κ2) is 8.68. The van der Waals surface area contributed by atoms with E-state index < -0.39 is 0 Å². The number of hydrogen-bond donors (Lipinski definition) is 2. The molecule has 1 atom stereocenters. The number of anilines is 1. The van der Waals surface area contributed by atoms with Crippen molar-refractivity contribution in [3.63, 3.8) is 0 Å². The lowest BCUT2D eigenvalue weighted by Gasteiger charge is -2.21. The predicted octanol–water partition coefficient (Wildman–Crippen LogP) is 5.99. The number of para-hydroxylation sites is 1. The second-order valence-corrected chi connectivity index (χ2v) is 7.57. The van der Waals surface area contributed by atoms with Gasteiger partial charge in [0.15, 0.2) is 0 Å². The number of nitrogens with one attached hydrogen (secondary N) is 2. The number of rotatable bonds is 5. The molecule has 0 saturated carbocycles. The topological polar surface area (TPSA) is 33.3 Å². The van der Waals surface area contributed by atoms with Crippen LogP contribution in [0.3, 0.4) is 0 Å². The summed E-state index contributed by atoms with van der Waals surface area (Å²) in [5, 5.41) is 7.91. The zero-order valence-electron chi connectivity index (χ0n) is 16.0. The lowest BCUT2D eigenvalue weighted by molar-refractivity contribution is 0.482. The predicted molar refractivity (Wildman–Crippen MR) is 117 cm³/mol. The Hall–Kier alpha value is -2.49. The van der Waals surface area contributed by atoms with Crippen LogP contribution in [0.4, 0.5) is 5.69 Å². The summed E-state index contributed by atoms with van der Waals surface area (Å²) in [5.74, 6) is 1.67. The molecular weight excluding hydrogens is 368 g/mol. The molecule has 0 spiro atoms. The van der Waals surface area contributed by atoms with Gasteiger partial charge in [-0.25, -0.2) is 0 Å². The van der Waals surface area contributed by atoms with Crippen LogP contribution >= 0.6 is 11.6 Å². The molecule has 0 radical (unpaired) electrons. The summed E-state index contributed by atoms with van der Waals surface area (Å²) in [5.41, 5.74) is 4.99. The summed E-state index contributed by atoms with van der Waals surface area (Å²) in [6.45, 7) is 4.17. The molecular formula is C24H25ClN2O. The Morgan fingerprint density at radius 1 is 0.893 bits per heavy atom. The fourth-order valence-electron chi connectivity index (χ4n) is 3.65. The van der Waals surface area contributed by atoms with Crippen molar-refractivity contribution in [2.75, 3.05) is 18.4 Å². The van der Waals surface area contributed by atoms with E-state index in [-0.39, 0.29) is 6.04 Å². The highest BCUT2D eigenvalue weighted by Crippen LogP contribution is 2.34. The summed E-state index contributed by atoms with van der Waals surface area (Å²) in [4.78, 5) is 0. The van der Waals surface area contributed by atoms with E-state index in [0.717, 1.165) is 48.1 Å². The van der Waals surface area contributed by atoms with Gasteiger partial charge in [-0.3, -0.25) is 0 Å². The van der Waals surface area contributed by atoms with Gasteiger partial charge in [-0.2, -0.15) is 0 Å². The molecule has 0 aromatic heterocycles. The fraction of sp³-hybridized carbons (Fsp3) is 0.250. The Labute approximate surface area is 171 Å². The van der Waals surface area contributed by atoms with Crippen molar-refractivity contribution in [2.24, 2.45) is 0 Å². The van der Waals surface area contributed by atoms with E-state index in [1.807, 2.05) is 48.5 Å². The van der Waals surface area contributed by atoms with E-state index in [9.17, 15) is 0 Å². The molecule has 0 fully saturated rings. The van der Waals surface area contributed by atoms with E-state index in [2.05, 4.69) is 35.8 Å². The molecule has 28 heavy (non-hydrogen) atoms. The Kier molecular flexibility index (Phi) is 5.84. The molecule has 0 bridgehead atoms. The number of benzene rings is 3. The van der Waals surface area contributed by atoms with Crippen LogP contribution < -0.4 is 15.4 Å². The van der Waals surface area contributed by atoms with Crippen LogP contribution in [0, 0.1) is 0 Å². The smallest absolute Gasteiger partial charge is 0.127 e. The van der Waals surface area contributed by atoms with Gasteiger partial charge in [0.25, 0.3) is 0 Å². The van der Waals surface area contributed by atoms with Crippen LogP contribution in [0.25, 0.3) is 0 Å². The van der Waals surface area contributed by atoms with Gasteiger partial charge in [0, 0.05) is 6.04 Å². The molecule has 2 N–H and O–H groups in total. The van der Waals surface area contributed by atoms with Gasteiger partial charge in [-0.15, -0.1) is 0 Å². The van der Waals surface area contributed by atoms with Gasteiger partial charge in [-0.05, 0) is 79.9 Å². The van der Waals surface area contributed by atoms with Crippen LogP contribution in [-0.4, -0.2) is 13.1 Å². The first-order valence-corrected chi connectivity index (χ1v) is 10.2. The minimum atomic E-state index is 0.144. The molecule has 1 unspecified atom stereocenters. The first-order valence-electron chi connectivity index (χ1n) is 9.81. The SMILES string of the molecule is CC(Nc1c(Cl)ccc2c1CCNCC2)c1ccc(Oc2ccccc2)cc1. The van der Waals surface area contributed by atoms with E-state index in [0.29, 0.717) is 0 Å². The van der Waals surface area contributed by atoms with Crippen LogP contribution in [0.1, 0.15) is 29.7 Å². The van der Waals surface area contributed by atoms with Crippen LogP contribution in [0.5, 0.6) is 11.5 Å². The van der Waals surface area contributed by atoms with Crippen molar-refractivity contribution in [3.05, 3.63) is 88.4 Å². The molecule has 4 heteroatoms. The van der Waals surface area contributed by atoms with Crippen LogP contribution in [0.15, 0.2) is 66.7 Å². The van der Waals surface area contributed by atoms with E-state index in [4.69, 9.17) is 16.3 Å². The minimum absolute atomic E-state index is 0.144. The van der Waals surface area contributed by atoms with Crippen molar-refractivity contribution in [3.8, 4) is 11.5 Å². The highest BCUT2D eigenvalue weighted by Gasteiger charge is 2.17. The number of halogens is 1. The van der Waals surface area contributed by atoms with Gasteiger partial charge < -0.3 is 15.4 Å². The van der Waals surface area contributed by atoms with Gasteiger partial charge in [0.2, 0.25) is 0 Å². The van der Waals surface area contributed by atoms with E-state index in [1.165, 1.54) is 16.7 Å². The molecule has 1 heterocycles. The first-order chi connectivity index (χ1) is 13.7. The fourth-order valence-corrected chi connectivity index (χ4v) is 3.88. The zero-order valence-corrected chi connectivity index (χ0v) is 16.8. The monoisotopic (exact) mass is 392 g/mol. The Morgan fingerprint density at radius 3 is 2.39 bits per heavy atom. The average Bonchev–Trinajstić information content (AvgIpc) is 2.97. The first kappa shape index (κ1) is 18.9. The normalized spacial score (nSPS) is 14.6. The summed E-state index contributed by atoms with van der Waals surface area (Å²) < 4.78 is 5.89. The van der Waals surface area contributed by atoms with Crippen molar-refractivity contribution in [1.29, 1.82) is 0 Å². The number of hydrogen-bond acceptors (Lipinski definition) is 3. The van der Waals surface area contributed by atoms with Crippen molar-refractivity contribution >= 4 is 17.3 Å². The molecule has 1 aliphatic rings. The summed E-state index contributed by atoms with van der Waals surface area (Å²) >= 11 is 6.56. The molecule has 3 aromatic carbocycles.